The quantitative estimate of drug-likeness (QED) is 0.844. The van der Waals surface area contributed by atoms with Gasteiger partial charge >= 0.3 is 0 Å². The second kappa shape index (κ2) is 7.02. The first kappa shape index (κ1) is 19.7. The Bertz CT molecular complexity index is 699. The minimum absolute atomic E-state index is 0. The van der Waals surface area contributed by atoms with Gasteiger partial charge in [-0.2, -0.15) is 0 Å². The summed E-state index contributed by atoms with van der Waals surface area (Å²) < 4.78 is 38.2. The lowest BCUT2D eigenvalue weighted by molar-refractivity contribution is 0.0777. The number of halogens is 2. The van der Waals surface area contributed by atoms with Crippen molar-refractivity contribution in [1.82, 2.24) is 4.90 Å². The molecule has 9 heteroatoms. The molecule has 3 N–H and O–H groups in total. The van der Waals surface area contributed by atoms with Crippen LogP contribution in [0.15, 0.2) is 18.2 Å². The van der Waals surface area contributed by atoms with Crippen LogP contribution in [0.25, 0.3) is 0 Å². The zero-order valence-electron chi connectivity index (χ0n) is 13.0. The van der Waals surface area contributed by atoms with E-state index in [1.165, 1.54) is 12.1 Å². The van der Waals surface area contributed by atoms with Gasteiger partial charge in [0.15, 0.2) is 0 Å². The minimum atomic E-state index is -3.62. The Labute approximate surface area is 141 Å². The highest BCUT2D eigenvalue weighted by Crippen LogP contribution is 2.30. The summed E-state index contributed by atoms with van der Waals surface area (Å²) in [4.78, 5) is 14.1. The van der Waals surface area contributed by atoms with Gasteiger partial charge in [-0.1, -0.05) is 6.92 Å². The van der Waals surface area contributed by atoms with Crippen molar-refractivity contribution in [3.63, 3.8) is 0 Å². The lowest BCUT2D eigenvalue weighted by Crippen LogP contribution is -2.34. The first-order valence-electron chi connectivity index (χ1n) is 6.90. The summed E-state index contributed by atoms with van der Waals surface area (Å²) in [6.45, 7) is 3.62. The lowest BCUT2D eigenvalue weighted by atomic mass is 9.90. The molecule has 1 aromatic rings. The van der Waals surface area contributed by atoms with Gasteiger partial charge in [-0.05, 0) is 36.6 Å². The van der Waals surface area contributed by atoms with E-state index in [-0.39, 0.29) is 35.0 Å². The molecular weight excluding hydrogens is 345 g/mol. The molecule has 1 fully saturated rings. The molecule has 1 aliphatic rings. The van der Waals surface area contributed by atoms with Crippen LogP contribution in [0, 0.1) is 11.2 Å². The number of nitrogens with zero attached hydrogens (tertiary/aromatic N) is 1. The smallest absolute Gasteiger partial charge is 0.253 e. The van der Waals surface area contributed by atoms with Crippen molar-refractivity contribution < 1.29 is 17.6 Å². The van der Waals surface area contributed by atoms with Crippen molar-refractivity contribution in [1.29, 1.82) is 0 Å². The van der Waals surface area contributed by atoms with Gasteiger partial charge in [-0.3, -0.25) is 9.52 Å². The molecule has 0 bridgehead atoms. The van der Waals surface area contributed by atoms with Gasteiger partial charge in [0.2, 0.25) is 10.0 Å². The fraction of sp³-hybridized carbons (Fsp3) is 0.500. The van der Waals surface area contributed by atoms with Crippen molar-refractivity contribution in [2.45, 2.75) is 13.3 Å². The molecule has 0 radical (unpaired) electrons. The molecule has 0 aliphatic carbocycles. The van der Waals surface area contributed by atoms with E-state index >= 15 is 0 Å². The van der Waals surface area contributed by atoms with E-state index < -0.39 is 15.8 Å². The van der Waals surface area contributed by atoms with E-state index in [2.05, 4.69) is 4.72 Å². The van der Waals surface area contributed by atoms with E-state index in [1.54, 1.807) is 4.90 Å². The summed E-state index contributed by atoms with van der Waals surface area (Å²) in [7, 11) is -3.62. The van der Waals surface area contributed by atoms with E-state index in [4.69, 9.17) is 5.73 Å². The van der Waals surface area contributed by atoms with Gasteiger partial charge < -0.3 is 10.6 Å². The summed E-state index contributed by atoms with van der Waals surface area (Å²) in [5.41, 5.74) is 5.63. The van der Waals surface area contributed by atoms with E-state index in [1.807, 2.05) is 6.92 Å². The van der Waals surface area contributed by atoms with Crippen LogP contribution in [-0.4, -0.2) is 45.1 Å². The highest BCUT2D eigenvalue weighted by Gasteiger charge is 2.35. The summed E-state index contributed by atoms with van der Waals surface area (Å²) in [5, 5.41) is 0. The van der Waals surface area contributed by atoms with Crippen molar-refractivity contribution in [2.75, 3.05) is 30.6 Å². The Kier molecular flexibility index (Phi) is 6.00. The Morgan fingerprint density at radius 1 is 1.48 bits per heavy atom. The van der Waals surface area contributed by atoms with Gasteiger partial charge in [-0.15, -0.1) is 12.4 Å². The number of hydrogen-bond acceptors (Lipinski definition) is 4. The number of amides is 1. The maximum Gasteiger partial charge on any atom is 0.253 e. The van der Waals surface area contributed by atoms with Gasteiger partial charge in [0.1, 0.15) is 5.82 Å². The molecule has 2 rings (SSSR count). The number of anilines is 1. The zero-order chi connectivity index (χ0) is 16.5. The average molecular weight is 366 g/mol. The van der Waals surface area contributed by atoms with Crippen LogP contribution >= 0.6 is 12.4 Å². The predicted octanol–water partition coefficient (Wildman–Crippen LogP) is 1.43. The largest absolute Gasteiger partial charge is 0.338 e. The van der Waals surface area contributed by atoms with E-state index in [9.17, 15) is 17.6 Å². The van der Waals surface area contributed by atoms with Gasteiger partial charge in [0.25, 0.3) is 5.91 Å². The highest BCUT2D eigenvalue weighted by molar-refractivity contribution is 7.92. The van der Waals surface area contributed by atoms with Crippen molar-refractivity contribution in [2.24, 2.45) is 11.1 Å². The zero-order valence-corrected chi connectivity index (χ0v) is 14.6. The molecule has 23 heavy (non-hydrogen) atoms. The molecule has 0 saturated carbocycles. The number of rotatable bonds is 4. The summed E-state index contributed by atoms with van der Waals surface area (Å²) in [6.07, 6.45) is 1.74. The fourth-order valence-corrected chi connectivity index (χ4v) is 3.04. The first-order valence-corrected chi connectivity index (χ1v) is 8.79. The van der Waals surface area contributed by atoms with E-state index in [0.717, 1.165) is 18.7 Å². The van der Waals surface area contributed by atoms with Crippen molar-refractivity contribution >= 4 is 34.0 Å². The Balaban J connectivity index is 0.00000264. The maximum absolute atomic E-state index is 13.6. The molecule has 1 saturated heterocycles. The number of benzene rings is 1. The topological polar surface area (TPSA) is 92.5 Å². The molecule has 1 aliphatic heterocycles. The van der Waals surface area contributed by atoms with Gasteiger partial charge in [0.05, 0.1) is 11.9 Å². The Hall–Kier alpha value is -1.38. The summed E-state index contributed by atoms with van der Waals surface area (Å²) >= 11 is 0. The molecule has 1 amide bonds. The van der Waals surface area contributed by atoms with Crippen LogP contribution in [0.5, 0.6) is 0 Å². The second-order valence-corrected chi connectivity index (χ2v) is 7.81. The van der Waals surface area contributed by atoms with Crippen LogP contribution in [0.4, 0.5) is 10.1 Å². The number of nitrogens with two attached hydrogens (primary N) is 1. The van der Waals surface area contributed by atoms with Gasteiger partial charge in [-0.25, -0.2) is 12.8 Å². The standard InChI is InChI=1S/C14H20FN3O3S.ClH/c1-14(8-16)5-6-18(9-14)13(19)10-3-4-11(15)12(7-10)17-22(2,20)21;/h3-4,7,17H,5-6,8-9,16H2,1-2H3;1H. The Morgan fingerprint density at radius 3 is 2.65 bits per heavy atom. The SMILES string of the molecule is CC1(CN)CCN(C(=O)c2ccc(F)c(NS(C)(=O)=O)c2)C1.Cl. The number of carbonyl (C=O) groups is 1. The monoisotopic (exact) mass is 365 g/mol. The van der Waals surface area contributed by atoms with Crippen LogP contribution in [0.2, 0.25) is 0 Å². The first-order chi connectivity index (χ1) is 10.1. The summed E-state index contributed by atoms with van der Waals surface area (Å²) in [6, 6.07) is 3.65. The molecule has 1 atom stereocenters. The molecule has 6 nitrogen and oxygen atoms in total. The van der Waals surface area contributed by atoms with Crippen molar-refractivity contribution in [3.8, 4) is 0 Å². The molecule has 0 spiro atoms. The Morgan fingerprint density at radius 2 is 2.13 bits per heavy atom. The predicted molar refractivity (Wildman–Crippen MR) is 89.8 cm³/mol. The minimum Gasteiger partial charge on any atom is -0.338 e. The highest BCUT2D eigenvalue weighted by atomic mass is 35.5. The molecule has 130 valence electrons. The third kappa shape index (κ3) is 4.79. The van der Waals surface area contributed by atoms with Crippen LogP contribution in [0.3, 0.4) is 0 Å². The average Bonchev–Trinajstić information content (AvgIpc) is 2.82. The van der Waals surface area contributed by atoms with Gasteiger partial charge in [0, 0.05) is 18.7 Å². The molecule has 1 heterocycles. The normalized spacial score (nSPS) is 21.0. The number of nitrogens with one attached hydrogen (secondary N) is 1. The number of likely N-dealkylation sites (tertiary alicyclic amines) is 1. The van der Waals surface area contributed by atoms with Crippen LogP contribution in [-0.2, 0) is 10.0 Å². The number of hydrogen-bond donors (Lipinski definition) is 2. The second-order valence-electron chi connectivity index (χ2n) is 6.06. The molecule has 0 aromatic heterocycles. The van der Waals surface area contributed by atoms with Crippen LogP contribution in [0.1, 0.15) is 23.7 Å². The third-order valence-electron chi connectivity index (χ3n) is 3.85. The number of carbonyl (C=O) groups excluding carboxylic acids is 1. The molecule has 1 aromatic carbocycles. The number of sulfonamides is 1. The molecule has 1 unspecified atom stereocenters. The van der Waals surface area contributed by atoms with Crippen LogP contribution < -0.4 is 10.5 Å². The molecular formula is C14H21ClFN3O3S. The lowest BCUT2D eigenvalue weighted by Gasteiger charge is -2.22. The van der Waals surface area contributed by atoms with E-state index in [0.29, 0.717) is 19.6 Å². The maximum atomic E-state index is 13.6. The summed E-state index contributed by atoms with van der Waals surface area (Å²) in [5.74, 6) is -0.982. The van der Waals surface area contributed by atoms with Crippen molar-refractivity contribution in [3.05, 3.63) is 29.6 Å². The third-order valence-corrected chi connectivity index (χ3v) is 4.44. The fourth-order valence-electron chi connectivity index (χ4n) is 2.48.